The molecule has 0 fully saturated rings. The van der Waals surface area contributed by atoms with Gasteiger partial charge in [0.1, 0.15) is 0 Å². The van der Waals surface area contributed by atoms with Crippen molar-refractivity contribution in [3.05, 3.63) is 35.4 Å². The Kier molecular flexibility index (Phi) is 6.08. The summed E-state index contributed by atoms with van der Waals surface area (Å²) in [4.78, 5) is 0. The minimum atomic E-state index is -0.0268. The smallest absolute Gasteiger partial charge is 0.0948 e. The van der Waals surface area contributed by atoms with Crippen molar-refractivity contribution in [2.75, 3.05) is 26.4 Å². The summed E-state index contributed by atoms with van der Waals surface area (Å²) in [6.07, 6.45) is -0.0268. The van der Waals surface area contributed by atoms with Gasteiger partial charge in [-0.05, 0) is 19.4 Å². The third kappa shape index (κ3) is 4.31. The van der Waals surface area contributed by atoms with Crippen LogP contribution in [0.25, 0.3) is 0 Å². The highest BCUT2D eigenvalue weighted by Crippen LogP contribution is 2.16. The summed E-state index contributed by atoms with van der Waals surface area (Å²) >= 11 is 0. The van der Waals surface area contributed by atoms with Crippen LogP contribution >= 0.6 is 0 Å². The summed E-state index contributed by atoms with van der Waals surface area (Å²) in [6, 6.07) is 8.27. The monoisotopic (exact) mass is 223 g/mol. The molecule has 0 aliphatic heterocycles. The van der Waals surface area contributed by atoms with E-state index in [0.717, 1.165) is 12.2 Å². The zero-order valence-electron chi connectivity index (χ0n) is 10.1. The lowest BCUT2D eigenvalue weighted by atomic mass is 10.1. The number of nitrogens with two attached hydrogens (primary N) is 1. The first-order valence-electron chi connectivity index (χ1n) is 5.74. The molecule has 0 amide bonds. The van der Waals surface area contributed by atoms with Crippen LogP contribution in [0.4, 0.5) is 0 Å². The van der Waals surface area contributed by atoms with E-state index in [2.05, 4.69) is 31.2 Å². The number of ether oxygens (including phenoxy) is 2. The lowest BCUT2D eigenvalue weighted by Gasteiger charge is -2.16. The largest absolute Gasteiger partial charge is 0.379 e. The van der Waals surface area contributed by atoms with Gasteiger partial charge in [-0.15, -0.1) is 0 Å². The van der Waals surface area contributed by atoms with Gasteiger partial charge in [0.15, 0.2) is 0 Å². The quantitative estimate of drug-likeness (QED) is 0.719. The molecule has 1 unspecified atom stereocenters. The minimum absolute atomic E-state index is 0.0268. The molecule has 0 bridgehead atoms. The number of aryl methyl sites for hydroxylation is 1. The average Bonchev–Trinajstić information content (AvgIpc) is 2.31. The predicted molar refractivity (Wildman–Crippen MR) is 65.4 cm³/mol. The highest BCUT2D eigenvalue weighted by atomic mass is 16.5. The van der Waals surface area contributed by atoms with Gasteiger partial charge in [-0.2, -0.15) is 0 Å². The molecule has 0 saturated carbocycles. The van der Waals surface area contributed by atoms with Crippen molar-refractivity contribution >= 4 is 0 Å². The molecule has 0 aliphatic carbocycles. The van der Waals surface area contributed by atoms with E-state index in [1.54, 1.807) is 0 Å². The van der Waals surface area contributed by atoms with E-state index in [1.807, 2.05) is 6.92 Å². The molecule has 1 aromatic rings. The van der Waals surface area contributed by atoms with Crippen molar-refractivity contribution < 1.29 is 9.47 Å². The number of rotatable bonds is 7. The molecule has 2 N–H and O–H groups in total. The maximum absolute atomic E-state index is 5.69. The molecule has 0 heterocycles. The van der Waals surface area contributed by atoms with Crippen molar-refractivity contribution in [3.8, 4) is 0 Å². The van der Waals surface area contributed by atoms with E-state index < -0.39 is 0 Å². The molecule has 0 aliphatic rings. The Balaban J connectivity index is 2.44. The van der Waals surface area contributed by atoms with Gasteiger partial charge >= 0.3 is 0 Å². The maximum atomic E-state index is 5.69. The van der Waals surface area contributed by atoms with Gasteiger partial charge in [0.05, 0.1) is 19.3 Å². The summed E-state index contributed by atoms with van der Waals surface area (Å²) in [7, 11) is 0. The first kappa shape index (κ1) is 13.2. The summed E-state index contributed by atoms with van der Waals surface area (Å²) in [5.41, 5.74) is 8.07. The van der Waals surface area contributed by atoms with E-state index in [9.17, 15) is 0 Å². The third-order valence-corrected chi connectivity index (χ3v) is 2.41. The van der Waals surface area contributed by atoms with Crippen LogP contribution in [0.2, 0.25) is 0 Å². The van der Waals surface area contributed by atoms with Gasteiger partial charge in [-0.3, -0.25) is 0 Å². The molecular formula is C13H21NO2. The van der Waals surface area contributed by atoms with E-state index in [1.165, 1.54) is 5.56 Å². The van der Waals surface area contributed by atoms with Crippen LogP contribution in [0.5, 0.6) is 0 Å². The lowest BCUT2D eigenvalue weighted by Crippen LogP contribution is -2.18. The summed E-state index contributed by atoms with van der Waals surface area (Å²) in [6.45, 7) is 6.47. The molecule has 1 aromatic carbocycles. The second kappa shape index (κ2) is 7.39. The Hall–Kier alpha value is -0.900. The maximum Gasteiger partial charge on any atom is 0.0948 e. The Labute approximate surface area is 97.6 Å². The van der Waals surface area contributed by atoms with Gasteiger partial charge in [-0.25, -0.2) is 0 Å². The van der Waals surface area contributed by atoms with Crippen molar-refractivity contribution in [1.29, 1.82) is 0 Å². The summed E-state index contributed by atoms with van der Waals surface area (Å²) in [5, 5.41) is 0. The van der Waals surface area contributed by atoms with Crippen molar-refractivity contribution in [3.63, 3.8) is 0 Å². The molecule has 0 saturated heterocycles. The molecule has 3 heteroatoms. The zero-order chi connectivity index (χ0) is 11.8. The van der Waals surface area contributed by atoms with E-state index in [4.69, 9.17) is 15.2 Å². The van der Waals surface area contributed by atoms with Crippen LogP contribution in [0.15, 0.2) is 24.3 Å². The second-order valence-electron chi connectivity index (χ2n) is 3.70. The van der Waals surface area contributed by atoms with Gasteiger partial charge in [-0.1, -0.05) is 29.8 Å². The molecule has 0 spiro atoms. The fourth-order valence-electron chi connectivity index (χ4n) is 1.48. The van der Waals surface area contributed by atoms with Crippen LogP contribution in [0.3, 0.4) is 0 Å². The minimum Gasteiger partial charge on any atom is -0.379 e. The SMILES string of the molecule is CCOCCOC(CN)c1ccc(C)cc1. The molecule has 0 aromatic heterocycles. The third-order valence-electron chi connectivity index (χ3n) is 2.41. The highest BCUT2D eigenvalue weighted by Gasteiger charge is 2.09. The second-order valence-corrected chi connectivity index (χ2v) is 3.70. The molecule has 90 valence electrons. The topological polar surface area (TPSA) is 44.5 Å². The Morgan fingerprint density at radius 1 is 1.19 bits per heavy atom. The van der Waals surface area contributed by atoms with Gasteiger partial charge < -0.3 is 15.2 Å². The van der Waals surface area contributed by atoms with Crippen molar-refractivity contribution in [2.45, 2.75) is 20.0 Å². The Bertz CT molecular complexity index is 284. The summed E-state index contributed by atoms with van der Waals surface area (Å²) in [5.74, 6) is 0. The molecule has 1 rings (SSSR count). The fourth-order valence-corrected chi connectivity index (χ4v) is 1.48. The number of hydrogen-bond donors (Lipinski definition) is 1. The van der Waals surface area contributed by atoms with Crippen molar-refractivity contribution in [1.82, 2.24) is 0 Å². The normalized spacial score (nSPS) is 12.7. The van der Waals surface area contributed by atoms with E-state index in [0.29, 0.717) is 19.8 Å². The van der Waals surface area contributed by atoms with Crippen LogP contribution in [0, 0.1) is 6.92 Å². The molecule has 16 heavy (non-hydrogen) atoms. The van der Waals surface area contributed by atoms with E-state index >= 15 is 0 Å². The fraction of sp³-hybridized carbons (Fsp3) is 0.538. The van der Waals surface area contributed by atoms with Gasteiger partial charge in [0, 0.05) is 13.2 Å². The van der Waals surface area contributed by atoms with Crippen LogP contribution in [0.1, 0.15) is 24.2 Å². The molecule has 0 radical (unpaired) electrons. The number of benzene rings is 1. The molecular weight excluding hydrogens is 202 g/mol. The first-order chi connectivity index (χ1) is 7.77. The zero-order valence-corrected chi connectivity index (χ0v) is 10.1. The molecule has 1 atom stereocenters. The number of hydrogen-bond acceptors (Lipinski definition) is 3. The first-order valence-corrected chi connectivity index (χ1v) is 5.74. The van der Waals surface area contributed by atoms with Crippen LogP contribution in [-0.2, 0) is 9.47 Å². The molecule has 3 nitrogen and oxygen atoms in total. The average molecular weight is 223 g/mol. The van der Waals surface area contributed by atoms with E-state index in [-0.39, 0.29) is 6.10 Å². The Morgan fingerprint density at radius 2 is 1.88 bits per heavy atom. The standard InChI is InChI=1S/C13H21NO2/c1-3-15-8-9-16-13(10-14)12-6-4-11(2)5-7-12/h4-7,13H,3,8-10,14H2,1-2H3. The van der Waals surface area contributed by atoms with Crippen LogP contribution in [-0.4, -0.2) is 26.4 Å². The lowest BCUT2D eigenvalue weighted by molar-refractivity contribution is 0.0104. The summed E-state index contributed by atoms with van der Waals surface area (Å²) < 4.78 is 10.9. The van der Waals surface area contributed by atoms with Gasteiger partial charge in [0.25, 0.3) is 0 Å². The Morgan fingerprint density at radius 3 is 2.44 bits per heavy atom. The predicted octanol–water partition coefficient (Wildman–Crippen LogP) is 2.05. The van der Waals surface area contributed by atoms with Crippen molar-refractivity contribution in [2.24, 2.45) is 5.73 Å². The van der Waals surface area contributed by atoms with Crippen LogP contribution < -0.4 is 5.73 Å². The highest BCUT2D eigenvalue weighted by molar-refractivity contribution is 5.23. The van der Waals surface area contributed by atoms with Gasteiger partial charge in [0.2, 0.25) is 0 Å².